The summed E-state index contributed by atoms with van der Waals surface area (Å²) in [5, 5.41) is 10.2. The average Bonchev–Trinajstić information content (AvgIpc) is 2.63. The fourth-order valence-corrected chi connectivity index (χ4v) is 1.56. The van der Waals surface area contributed by atoms with Crippen LogP contribution < -0.4 is 0 Å². The third-order valence-electron chi connectivity index (χ3n) is 2.13. The molecule has 0 saturated heterocycles. The molecule has 0 fully saturated rings. The first-order valence-electron chi connectivity index (χ1n) is 4.51. The van der Waals surface area contributed by atoms with Crippen LogP contribution in [0.15, 0.2) is 18.2 Å². The highest BCUT2D eigenvalue weighted by Gasteiger charge is 2.33. The lowest BCUT2D eigenvalue weighted by atomic mass is 10.2. The zero-order chi connectivity index (χ0) is 12.6. The van der Waals surface area contributed by atoms with E-state index in [1.165, 1.54) is 16.8 Å². The first-order chi connectivity index (χ1) is 7.89. The molecule has 0 amide bonds. The summed E-state index contributed by atoms with van der Waals surface area (Å²) in [6.07, 6.45) is -4.50. The Labute approximate surface area is 99.0 Å². The normalized spacial score (nSPS) is 11.8. The van der Waals surface area contributed by atoms with E-state index in [1.807, 2.05) is 0 Å². The van der Waals surface area contributed by atoms with E-state index < -0.39 is 11.7 Å². The number of alkyl halides is 3. The predicted octanol–water partition coefficient (Wildman–Crippen LogP) is 2.64. The molecule has 17 heavy (non-hydrogen) atoms. The van der Waals surface area contributed by atoms with Crippen molar-refractivity contribution in [2.24, 2.45) is 0 Å². The van der Waals surface area contributed by atoms with Gasteiger partial charge in [-0.15, -0.1) is 5.10 Å². The zero-order valence-electron chi connectivity index (χ0n) is 8.53. The van der Waals surface area contributed by atoms with Crippen molar-refractivity contribution in [3.8, 4) is 5.69 Å². The number of aryl methyl sites for hydroxylation is 1. The van der Waals surface area contributed by atoms with Gasteiger partial charge in [0.25, 0.3) is 0 Å². The van der Waals surface area contributed by atoms with Crippen molar-refractivity contribution in [3.05, 3.63) is 34.6 Å². The van der Waals surface area contributed by atoms with Gasteiger partial charge in [-0.1, -0.05) is 11.6 Å². The number of tetrazole rings is 1. The fourth-order valence-electron chi connectivity index (χ4n) is 1.33. The first kappa shape index (κ1) is 11.8. The average molecular weight is 263 g/mol. The van der Waals surface area contributed by atoms with Gasteiger partial charge >= 0.3 is 6.18 Å². The lowest BCUT2D eigenvalue weighted by molar-refractivity contribution is -0.137. The molecule has 0 N–H and O–H groups in total. The molecule has 0 bridgehead atoms. The Hall–Kier alpha value is -1.63. The fraction of sp³-hybridized carbons (Fsp3) is 0.222. The van der Waals surface area contributed by atoms with E-state index in [0.29, 0.717) is 5.82 Å². The number of hydrogen-bond donors (Lipinski definition) is 0. The minimum absolute atomic E-state index is 0.212. The van der Waals surface area contributed by atoms with Crippen LogP contribution in [0.2, 0.25) is 5.02 Å². The van der Waals surface area contributed by atoms with Crippen molar-refractivity contribution in [2.75, 3.05) is 0 Å². The summed E-state index contributed by atoms with van der Waals surface area (Å²) in [5.41, 5.74) is -0.698. The number of halogens is 4. The second-order valence-corrected chi connectivity index (χ2v) is 3.71. The number of nitrogens with zero attached hydrogens (tertiary/aromatic N) is 4. The maximum Gasteiger partial charge on any atom is 0.417 e. The summed E-state index contributed by atoms with van der Waals surface area (Å²) in [4.78, 5) is 0. The van der Waals surface area contributed by atoms with Gasteiger partial charge in [0.2, 0.25) is 0 Å². The zero-order valence-corrected chi connectivity index (χ0v) is 9.29. The van der Waals surface area contributed by atoms with E-state index in [1.54, 1.807) is 6.92 Å². The topological polar surface area (TPSA) is 43.6 Å². The van der Waals surface area contributed by atoms with Gasteiger partial charge in [-0.05, 0) is 35.5 Å². The molecule has 1 heterocycles. The summed E-state index contributed by atoms with van der Waals surface area (Å²) < 4.78 is 39.1. The summed E-state index contributed by atoms with van der Waals surface area (Å²) in [5.74, 6) is 0.389. The lowest BCUT2D eigenvalue weighted by Gasteiger charge is -2.10. The molecule has 1 aromatic heterocycles. The van der Waals surface area contributed by atoms with E-state index in [0.717, 1.165) is 6.07 Å². The Morgan fingerprint density at radius 3 is 2.53 bits per heavy atom. The Balaban J connectivity index is 2.56. The number of rotatable bonds is 1. The van der Waals surface area contributed by atoms with E-state index in [9.17, 15) is 13.2 Å². The molecular formula is C9H6ClF3N4. The molecule has 0 saturated carbocycles. The summed E-state index contributed by atoms with van der Waals surface area (Å²) in [7, 11) is 0. The highest BCUT2D eigenvalue weighted by Crippen LogP contribution is 2.35. The highest BCUT2D eigenvalue weighted by molar-refractivity contribution is 6.31. The molecule has 1 aromatic carbocycles. The smallest absolute Gasteiger partial charge is 0.198 e. The third-order valence-corrected chi connectivity index (χ3v) is 2.45. The van der Waals surface area contributed by atoms with Crippen LogP contribution in [0.3, 0.4) is 0 Å². The van der Waals surface area contributed by atoms with Crippen molar-refractivity contribution in [1.82, 2.24) is 20.2 Å². The van der Waals surface area contributed by atoms with Crippen LogP contribution in [0, 0.1) is 6.92 Å². The van der Waals surface area contributed by atoms with Gasteiger partial charge in [0.15, 0.2) is 5.82 Å². The van der Waals surface area contributed by atoms with Crippen molar-refractivity contribution in [1.29, 1.82) is 0 Å². The Kier molecular flexibility index (Phi) is 2.78. The molecule has 0 unspecified atom stereocenters. The molecular weight excluding hydrogens is 257 g/mol. The summed E-state index contributed by atoms with van der Waals surface area (Å²) >= 11 is 5.50. The second-order valence-electron chi connectivity index (χ2n) is 3.30. The van der Waals surface area contributed by atoms with Gasteiger partial charge in [-0.3, -0.25) is 0 Å². The molecule has 8 heteroatoms. The van der Waals surface area contributed by atoms with Gasteiger partial charge < -0.3 is 0 Å². The van der Waals surface area contributed by atoms with Gasteiger partial charge in [0.1, 0.15) is 0 Å². The predicted molar refractivity (Wildman–Crippen MR) is 53.9 cm³/mol. The Morgan fingerprint density at radius 2 is 2.00 bits per heavy atom. The molecule has 2 aromatic rings. The lowest BCUT2D eigenvalue weighted by Crippen LogP contribution is -2.08. The van der Waals surface area contributed by atoms with E-state index in [-0.39, 0.29) is 10.7 Å². The maximum absolute atomic E-state index is 12.6. The summed E-state index contributed by atoms with van der Waals surface area (Å²) in [6.45, 7) is 1.59. The maximum atomic E-state index is 12.6. The van der Waals surface area contributed by atoms with Crippen molar-refractivity contribution in [3.63, 3.8) is 0 Å². The van der Waals surface area contributed by atoms with Crippen LogP contribution in [0.25, 0.3) is 5.69 Å². The van der Waals surface area contributed by atoms with Crippen LogP contribution in [0.1, 0.15) is 11.4 Å². The van der Waals surface area contributed by atoms with Crippen molar-refractivity contribution in [2.45, 2.75) is 13.1 Å². The van der Waals surface area contributed by atoms with Gasteiger partial charge in [0.05, 0.1) is 16.3 Å². The van der Waals surface area contributed by atoms with Crippen LogP contribution in [0.4, 0.5) is 13.2 Å². The molecule has 2 rings (SSSR count). The van der Waals surface area contributed by atoms with Gasteiger partial charge in [0, 0.05) is 0 Å². The van der Waals surface area contributed by atoms with Crippen LogP contribution >= 0.6 is 11.6 Å². The van der Waals surface area contributed by atoms with Crippen LogP contribution in [0.5, 0.6) is 0 Å². The van der Waals surface area contributed by atoms with Crippen LogP contribution in [-0.2, 0) is 6.18 Å². The van der Waals surface area contributed by atoms with E-state index in [2.05, 4.69) is 15.5 Å². The standard InChI is InChI=1S/C9H6ClF3N4/c1-5-14-15-16-17(5)6-2-3-8(10)7(4-6)9(11,12)13/h2-4H,1H3. The SMILES string of the molecule is Cc1nnnn1-c1ccc(Cl)c(C(F)(F)F)c1. The number of benzene rings is 1. The molecule has 90 valence electrons. The van der Waals surface area contributed by atoms with Gasteiger partial charge in [-0.25, -0.2) is 0 Å². The minimum atomic E-state index is -4.50. The number of hydrogen-bond acceptors (Lipinski definition) is 3. The van der Waals surface area contributed by atoms with Crippen molar-refractivity contribution < 1.29 is 13.2 Å². The van der Waals surface area contributed by atoms with Crippen LogP contribution in [-0.4, -0.2) is 20.2 Å². The van der Waals surface area contributed by atoms with Gasteiger partial charge in [-0.2, -0.15) is 17.9 Å². The third kappa shape index (κ3) is 2.23. The Morgan fingerprint density at radius 1 is 1.29 bits per heavy atom. The van der Waals surface area contributed by atoms with Crippen molar-refractivity contribution >= 4 is 11.6 Å². The number of aromatic nitrogens is 4. The molecule has 0 radical (unpaired) electrons. The molecule has 0 spiro atoms. The Bertz CT molecular complexity index is 549. The largest absolute Gasteiger partial charge is 0.417 e. The highest BCUT2D eigenvalue weighted by atomic mass is 35.5. The summed E-state index contributed by atoms with van der Waals surface area (Å²) in [6, 6.07) is 3.49. The monoisotopic (exact) mass is 262 g/mol. The van der Waals surface area contributed by atoms with E-state index >= 15 is 0 Å². The molecule has 0 aliphatic heterocycles. The first-order valence-corrected chi connectivity index (χ1v) is 4.89. The molecule has 0 atom stereocenters. The molecule has 4 nitrogen and oxygen atoms in total. The quantitative estimate of drug-likeness (QED) is 0.793. The molecule has 0 aliphatic carbocycles. The van der Waals surface area contributed by atoms with E-state index in [4.69, 9.17) is 11.6 Å². The second kappa shape index (κ2) is 3.99. The molecule has 0 aliphatic rings. The minimum Gasteiger partial charge on any atom is -0.198 e.